The third-order valence-corrected chi connectivity index (χ3v) is 7.60. The molecule has 0 bridgehead atoms. The van der Waals surface area contributed by atoms with Crippen molar-refractivity contribution >= 4 is 39.1 Å². The molecule has 0 aromatic heterocycles. The van der Waals surface area contributed by atoms with Crippen molar-refractivity contribution in [3.05, 3.63) is 18.2 Å². The fourth-order valence-electron chi connectivity index (χ4n) is 2.90. The molecule has 9 heteroatoms. The second-order valence-corrected chi connectivity index (χ2v) is 9.58. The first kappa shape index (κ1) is 19.2. The number of carbonyl (C=O) groups is 2. The maximum absolute atomic E-state index is 12.6. The Hall–Kier alpha value is -1.58. The van der Waals surface area contributed by atoms with Crippen LogP contribution in [0.1, 0.15) is 19.8 Å². The average molecular weight is 399 g/mol. The number of nitrogens with one attached hydrogen (secondary N) is 1. The highest BCUT2D eigenvalue weighted by Gasteiger charge is 2.27. The maximum atomic E-state index is 12.6. The third-order valence-electron chi connectivity index (χ3n) is 4.45. The van der Waals surface area contributed by atoms with Crippen molar-refractivity contribution in [1.29, 1.82) is 0 Å². The van der Waals surface area contributed by atoms with Gasteiger partial charge in [0.05, 0.1) is 34.8 Å². The summed E-state index contributed by atoms with van der Waals surface area (Å²) < 4.78 is 30.4. The zero-order chi connectivity index (χ0) is 18.7. The molecule has 0 radical (unpaired) electrons. The van der Waals surface area contributed by atoms with Gasteiger partial charge in [0.1, 0.15) is 0 Å². The fraction of sp³-hybridized carbons (Fsp3) is 0.529. The Morgan fingerprint density at radius 2 is 2.08 bits per heavy atom. The Morgan fingerprint density at radius 1 is 1.35 bits per heavy atom. The number of thioether (sulfide) groups is 1. The Bertz CT molecular complexity index is 803. The van der Waals surface area contributed by atoms with Crippen LogP contribution in [0.3, 0.4) is 0 Å². The van der Waals surface area contributed by atoms with E-state index in [2.05, 4.69) is 5.32 Å². The lowest BCUT2D eigenvalue weighted by Gasteiger charge is -2.26. The predicted molar refractivity (Wildman–Crippen MR) is 99.1 cm³/mol. The molecule has 1 saturated heterocycles. The van der Waals surface area contributed by atoms with Crippen molar-refractivity contribution in [2.24, 2.45) is 0 Å². The van der Waals surface area contributed by atoms with Crippen molar-refractivity contribution in [2.45, 2.75) is 34.8 Å². The summed E-state index contributed by atoms with van der Waals surface area (Å²) in [6, 6.07) is 4.75. The molecule has 3 rings (SSSR count). The highest BCUT2D eigenvalue weighted by atomic mass is 32.2. The number of anilines is 1. The summed E-state index contributed by atoms with van der Waals surface area (Å²) in [5, 5.41) is 2.62. The summed E-state index contributed by atoms with van der Waals surface area (Å²) >= 11 is 1.44. The van der Waals surface area contributed by atoms with Crippen LogP contribution in [0.2, 0.25) is 0 Å². The second kappa shape index (κ2) is 7.98. The molecule has 0 aliphatic carbocycles. The SMILES string of the molecule is CCC1Sc2ccc(S(=O)(=O)CCC(=O)N3CCOCC3)cc2NC1=O. The summed E-state index contributed by atoms with van der Waals surface area (Å²) in [6.45, 7) is 3.91. The van der Waals surface area contributed by atoms with Gasteiger partial charge in [0.2, 0.25) is 11.8 Å². The molecule has 0 spiro atoms. The molecule has 1 unspecified atom stereocenters. The van der Waals surface area contributed by atoms with Crippen molar-refractivity contribution in [3.63, 3.8) is 0 Å². The number of fused-ring (bicyclic) bond motifs is 1. The predicted octanol–water partition coefficient (Wildman–Crippen LogP) is 1.53. The minimum atomic E-state index is -3.60. The number of rotatable bonds is 5. The monoisotopic (exact) mass is 398 g/mol. The molecule has 2 aliphatic heterocycles. The number of morpholine rings is 1. The highest BCUT2D eigenvalue weighted by molar-refractivity contribution is 8.01. The fourth-order valence-corrected chi connectivity index (χ4v) is 5.18. The van der Waals surface area contributed by atoms with E-state index in [0.29, 0.717) is 38.4 Å². The molecule has 1 fully saturated rings. The maximum Gasteiger partial charge on any atom is 0.237 e. The molecule has 26 heavy (non-hydrogen) atoms. The first-order chi connectivity index (χ1) is 12.4. The number of nitrogens with zero attached hydrogens (tertiary/aromatic N) is 1. The van der Waals surface area contributed by atoms with E-state index in [0.717, 1.165) is 4.90 Å². The molecule has 1 aromatic carbocycles. The summed E-state index contributed by atoms with van der Waals surface area (Å²) in [6.07, 6.45) is 0.651. The number of ether oxygens (including phenoxy) is 1. The molecule has 2 heterocycles. The third kappa shape index (κ3) is 4.21. The Kier molecular flexibility index (Phi) is 5.89. The van der Waals surface area contributed by atoms with Gasteiger partial charge < -0.3 is 15.0 Å². The summed E-state index contributed by atoms with van der Waals surface area (Å²) in [4.78, 5) is 26.8. The minimum absolute atomic E-state index is 0.0571. The molecule has 1 aromatic rings. The Balaban J connectivity index is 1.69. The van der Waals surface area contributed by atoms with Gasteiger partial charge in [-0.15, -0.1) is 11.8 Å². The van der Waals surface area contributed by atoms with Crippen LogP contribution in [0.15, 0.2) is 28.0 Å². The molecule has 7 nitrogen and oxygen atoms in total. The van der Waals surface area contributed by atoms with Gasteiger partial charge in [-0.3, -0.25) is 9.59 Å². The largest absolute Gasteiger partial charge is 0.378 e. The van der Waals surface area contributed by atoms with Crippen LogP contribution in [0.25, 0.3) is 0 Å². The second-order valence-electron chi connectivity index (χ2n) is 6.22. The van der Waals surface area contributed by atoms with Crippen molar-refractivity contribution in [2.75, 3.05) is 37.4 Å². The lowest BCUT2D eigenvalue weighted by molar-refractivity contribution is -0.134. The van der Waals surface area contributed by atoms with Gasteiger partial charge in [0.25, 0.3) is 0 Å². The molecular weight excluding hydrogens is 376 g/mol. The van der Waals surface area contributed by atoms with Crippen LogP contribution in [-0.4, -0.2) is 62.4 Å². The number of hydrogen-bond donors (Lipinski definition) is 1. The van der Waals surface area contributed by atoms with Gasteiger partial charge in [0.15, 0.2) is 9.84 Å². The van der Waals surface area contributed by atoms with Gasteiger partial charge in [-0.05, 0) is 24.6 Å². The van der Waals surface area contributed by atoms with Crippen LogP contribution < -0.4 is 5.32 Å². The minimum Gasteiger partial charge on any atom is -0.378 e. The van der Waals surface area contributed by atoms with Crippen LogP contribution in [-0.2, 0) is 24.2 Å². The molecule has 1 N–H and O–H groups in total. The van der Waals surface area contributed by atoms with E-state index in [1.807, 2.05) is 6.92 Å². The van der Waals surface area contributed by atoms with Crippen molar-refractivity contribution < 1.29 is 22.7 Å². The van der Waals surface area contributed by atoms with E-state index in [4.69, 9.17) is 4.74 Å². The van der Waals surface area contributed by atoms with Crippen molar-refractivity contribution in [3.8, 4) is 0 Å². The van der Waals surface area contributed by atoms with E-state index in [9.17, 15) is 18.0 Å². The van der Waals surface area contributed by atoms with Crippen LogP contribution in [0.4, 0.5) is 5.69 Å². The van der Waals surface area contributed by atoms with Crippen LogP contribution >= 0.6 is 11.8 Å². The average Bonchev–Trinajstić information content (AvgIpc) is 2.65. The lowest BCUT2D eigenvalue weighted by Crippen LogP contribution is -2.41. The Morgan fingerprint density at radius 3 is 2.77 bits per heavy atom. The zero-order valence-corrected chi connectivity index (χ0v) is 16.2. The standard InChI is InChI=1S/C17H22N2O5S2/c1-2-14-17(21)18-13-11-12(3-4-15(13)25-14)26(22,23)10-5-16(20)19-6-8-24-9-7-19/h3-4,11,14H,2,5-10H2,1H3,(H,18,21). The first-order valence-corrected chi connectivity index (χ1v) is 11.1. The highest BCUT2D eigenvalue weighted by Crippen LogP contribution is 2.38. The smallest absolute Gasteiger partial charge is 0.237 e. The van der Waals surface area contributed by atoms with E-state index >= 15 is 0 Å². The topological polar surface area (TPSA) is 92.8 Å². The number of hydrogen-bond acceptors (Lipinski definition) is 6. The van der Waals surface area contributed by atoms with Gasteiger partial charge >= 0.3 is 0 Å². The van der Waals surface area contributed by atoms with Gasteiger partial charge in [-0.25, -0.2) is 8.42 Å². The molecule has 1 atom stereocenters. The van der Waals surface area contributed by atoms with Gasteiger partial charge in [-0.2, -0.15) is 0 Å². The molecule has 0 saturated carbocycles. The number of benzene rings is 1. The first-order valence-electron chi connectivity index (χ1n) is 8.60. The molecule has 2 amide bonds. The quantitative estimate of drug-likeness (QED) is 0.809. The van der Waals surface area contributed by atoms with E-state index in [-0.39, 0.29) is 34.1 Å². The summed E-state index contributed by atoms with van der Waals surface area (Å²) in [5.74, 6) is -0.535. The summed E-state index contributed by atoms with van der Waals surface area (Å²) in [7, 11) is -3.60. The molecule has 142 valence electrons. The van der Waals surface area contributed by atoms with E-state index in [1.165, 1.54) is 17.8 Å². The number of sulfone groups is 1. The van der Waals surface area contributed by atoms with Crippen LogP contribution in [0.5, 0.6) is 0 Å². The van der Waals surface area contributed by atoms with Gasteiger partial charge in [0, 0.05) is 24.4 Å². The van der Waals surface area contributed by atoms with E-state index in [1.54, 1.807) is 17.0 Å². The Labute approximate surface area is 157 Å². The molecular formula is C17H22N2O5S2. The van der Waals surface area contributed by atoms with E-state index < -0.39 is 9.84 Å². The lowest BCUT2D eigenvalue weighted by atomic mass is 10.2. The van der Waals surface area contributed by atoms with Crippen LogP contribution in [0, 0.1) is 0 Å². The van der Waals surface area contributed by atoms with Crippen molar-refractivity contribution in [1.82, 2.24) is 4.90 Å². The number of carbonyl (C=O) groups excluding carboxylic acids is 2. The number of amides is 2. The van der Waals surface area contributed by atoms with Gasteiger partial charge in [-0.1, -0.05) is 6.92 Å². The zero-order valence-electron chi connectivity index (χ0n) is 14.6. The summed E-state index contributed by atoms with van der Waals surface area (Å²) in [5.41, 5.74) is 0.519. The molecule has 2 aliphatic rings. The normalized spacial score (nSPS) is 20.4.